The van der Waals surface area contributed by atoms with E-state index in [4.69, 9.17) is 9.47 Å². The second-order valence-corrected chi connectivity index (χ2v) is 4.61. The van der Waals surface area contributed by atoms with Crippen LogP contribution in [0.3, 0.4) is 0 Å². The SMILES string of the molecule is CC(NCCOCC(F)F)c1ccc2c(c1)CCO2. The molecule has 0 amide bonds. The fraction of sp³-hybridized carbons (Fsp3) is 0.571. The summed E-state index contributed by atoms with van der Waals surface area (Å²) in [6, 6.07) is 6.33. The monoisotopic (exact) mass is 271 g/mol. The Hall–Kier alpha value is -1.20. The minimum atomic E-state index is -2.39. The van der Waals surface area contributed by atoms with Crippen molar-refractivity contribution in [3.63, 3.8) is 0 Å². The smallest absolute Gasteiger partial charge is 0.261 e. The van der Waals surface area contributed by atoms with Gasteiger partial charge in [-0.05, 0) is 24.1 Å². The van der Waals surface area contributed by atoms with Gasteiger partial charge in [-0.15, -0.1) is 0 Å². The first-order valence-corrected chi connectivity index (χ1v) is 6.51. The van der Waals surface area contributed by atoms with E-state index >= 15 is 0 Å². The van der Waals surface area contributed by atoms with Crippen molar-refractivity contribution >= 4 is 0 Å². The van der Waals surface area contributed by atoms with Gasteiger partial charge in [0.05, 0.1) is 13.2 Å². The van der Waals surface area contributed by atoms with Crippen molar-refractivity contribution in [1.82, 2.24) is 5.32 Å². The number of rotatable bonds is 7. The number of benzene rings is 1. The Morgan fingerprint density at radius 2 is 2.26 bits per heavy atom. The number of hydrogen-bond donors (Lipinski definition) is 1. The lowest BCUT2D eigenvalue weighted by Gasteiger charge is -2.15. The highest BCUT2D eigenvalue weighted by atomic mass is 19.3. The Labute approximate surface area is 111 Å². The Bertz CT molecular complexity index is 412. The van der Waals surface area contributed by atoms with E-state index in [-0.39, 0.29) is 6.04 Å². The minimum absolute atomic E-state index is 0.168. The molecule has 1 heterocycles. The molecule has 1 N–H and O–H groups in total. The normalized spacial score (nSPS) is 15.4. The van der Waals surface area contributed by atoms with Gasteiger partial charge in [0.1, 0.15) is 12.4 Å². The molecule has 19 heavy (non-hydrogen) atoms. The van der Waals surface area contributed by atoms with Crippen LogP contribution in [0.25, 0.3) is 0 Å². The van der Waals surface area contributed by atoms with E-state index in [1.165, 1.54) is 11.1 Å². The highest BCUT2D eigenvalue weighted by Crippen LogP contribution is 2.27. The summed E-state index contributed by atoms with van der Waals surface area (Å²) in [6.45, 7) is 3.16. The molecule has 1 aromatic carbocycles. The molecule has 2 rings (SSSR count). The third-order valence-corrected chi connectivity index (χ3v) is 3.15. The van der Waals surface area contributed by atoms with E-state index in [9.17, 15) is 8.78 Å². The number of hydrogen-bond acceptors (Lipinski definition) is 3. The second-order valence-electron chi connectivity index (χ2n) is 4.61. The molecular formula is C14H19F2NO2. The van der Waals surface area contributed by atoms with Gasteiger partial charge in [0.2, 0.25) is 0 Å². The van der Waals surface area contributed by atoms with Gasteiger partial charge in [-0.1, -0.05) is 12.1 Å². The van der Waals surface area contributed by atoms with E-state index in [1.54, 1.807) is 0 Å². The van der Waals surface area contributed by atoms with Gasteiger partial charge in [-0.3, -0.25) is 0 Å². The maximum Gasteiger partial charge on any atom is 0.261 e. The first-order valence-electron chi connectivity index (χ1n) is 6.51. The molecule has 0 aliphatic carbocycles. The van der Waals surface area contributed by atoms with Crippen LogP contribution < -0.4 is 10.1 Å². The quantitative estimate of drug-likeness (QED) is 0.773. The van der Waals surface area contributed by atoms with Gasteiger partial charge in [0.15, 0.2) is 0 Å². The summed E-state index contributed by atoms with van der Waals surface area (Å²) in [5, 5.41) is 3.25. The average Bonchev–Trinajstić information content (AvgIpc) is 2.84. The summed E-state index contributed by atoms with van der Waals surface area (Å²) in [6.07, 6.45) is -1.44. The molecule has 0 saturated heterocycles. The molecule has 1 atom stereocenters. The zero-order chi connectivity index (χ0) is 13.7. The Kier molecular flexibility index (Phi) is 5.10. The van der Waals surface area contributed by atoms with Crippen LogP contribution >= 0.6 is 0 Å². The highest BCUT2D eigenvalue weighted by Gasteiger charge is 2.14. The first kappa shape index (κ1) is 14.2. The zero-order valence-electron chi connectivity index (χ0n) is 11.0. The summed E-state index contributed by atoms with van der Waals surface area (Å²) in [4.78, 5) is 0. The third-order valence-electron chi connectivity index (χ3n) is 3.15. The molecule has 0 aromatic heterocycles. The van der Waals surface area contributed by atoms with Gasteiger partial charge in [-0.25, -0.2) is 8.78 Å². The molecule has 0 radical (unpaired) electrons. The fourth-order valence-electron chi connectivity index (χ4n) is 2.11. The molecular weight excluding hydrogens is 252 g/mol. The highest BCUT2D eigenvalue weighted by molar-refractivity contribution is 5.40. The predicted molar refractivity (Wildman–Crippen MR) is 68.9 cm³/mol. The van der Waals surface area contributed by atoms with Crippen molar-refractivity contribution in [1.29, 1.82) is 0 Å². The molecule has 1 aliphatic rings. The fourth-order valence-corrected chi connectivity index (χ4v) is 2.11. The van der Waals surface area contributed by atoms with Crippen LogP contribution in [-0.2, 0) is 11.2 Å². The molecule has 1 unspecified atom stereocenters. The predicted octanol–water partition coefficient (Wildman–Crippen LogP) is 2.55. The molecule has 0 bridgehead atoms. The van der Waals surface area contributed by atoms with Crippen molar-refractivity contribution in [2.45, 2.75) is 25.8 Å². The first-order chi connectivity index (χ1) is 9.16. The number of alkyl halides is 2. The molecule has 0 fully saturated rings. The maximum atomic E-state index is 11.9. The van der Waals surface area contributed by atoms with Crippen molar-refractivity contribution in [2.24, 2.45) is 0 Å². The van der Waals surface area contributed by atoms with E-state index in [0.29, 0.717) is 13.2 Å². The summed E-state index contributed by atoms with van der Waals surface area (Å²) < 4.78 is 34.0. The summed E-state index contributed by atoms with van der Waals surface area (Å²) in [5.41, 5.74) is 2.42. The molecule has 106 valence electrons. The number of nitrogens with one attached hydrogen (secondary N) is 1. The Morgan fingerprint density at radius 1 is 1.42 bits per heavy atom. The molecule has 1 aliphatic heterocycles. The van der Waals surface area contributed by atoms with Gasteiger partial charge in [-0.2, -0.15) is 0 Å². The van der Waals surface area contributed by atoms with Crippen molar-refractivity contribution in [3.8, 4) is 5.75 Å². The van der Waals surface area contributed by atoms with Crippen LogP contribution in [0.4, 0.5) is 8.78 Å². The second kappa shape index (κ2) is 6.82. The maximum absolute atomic E-state index is 11.9. The molecule has 1 aromatic rings. The van der Waals surface area contributed by atoms with Gasteiger partial charge in [0, 0.05) is 19.0 Å². The number of halogens is 2. The average molecular weight is 271 g/mol. The summed E-state index contributed by atoms with van der Waals surface area (Å²) >= 11 is 0. The largest absolute Gasteiger partial charge is 0.493 e. The lowest BCUT2D eigenvalue weighted by molar-refractivity contribution is 0.0183. The van der Waals surface area contributed by atoms with Crippen molar-refractivity contribution < 1.29 is 18.3 Å². The van der Waals surface area contributed by atoms with Crippen LogP contribution in [0, 0.1) is 0 Å². The van der Waals surface area contributed by atoms with Crippen molar-refractivity contribution in [2.75, 3.05) is 26.4 Å². The topological polar surface area (TPSA) is 30.5 Å². The molecule has 3 nitrogen and oxygen atoms in total. The standard InChI is InChI=1S/C14H19F2NO2/c1-10(17-5-7-18-9-14(15)16)11-2-3-13-12(8-11)4-6-19-13/h2-3,8,10,14,17H,4-7,9H2,1H3. The number of fused-ring (bicyclic) bond motifs is 1. The lowest BCUT2D eigenvalue weighted by Crippen LogP contribution is -2.24. The number of ether oxygens (including phenoxy) is 2. The van der Waals surface area contributed by atoms with Crippen LogP contribution in [0.15, 0.2) is 18.2 Å². The van der Waals surface area contributed by atoms with Crippen LogP contribution in [0.5, 0.6) is 5.75 Å². The minimum Gasteiger partial charge on any atom is -0.493 e. The third kappa shape index (κ3) is 4.14. The van der Waals surface area contributed by atoms with E-state index in [2.05, 4.69) is 11.4 Å². The van der Waals surface area contributed by atoms with E-state index in [0.717, 1.165) is 18.8 Å². The van der Waals surface area contributed by atoms with Crippen LogP contribution in [-0.4, -0.2) is 32.8 Å². The Balaban J connectivity index is 1.75. The van der Waals surface area contributed by atoms with Crippen molar-refractivity contribution in [3.05, 3.63) is 29.3 Å². The van der Waals surface area contributed by atoms with Crippen LogP contribution in [0.2, 0.25) is 0 Å². The van der Waals surface area contributed by atoms with E-state index < -0.39 is 13.0 Å². The molecule has 5 heteroatoms. The summed E-state index contributed by atoms with van der Waals surface area (Å²) in [7, 11) is 0. The molecule has 0 saturated carbocycles. The van der Waals surface area contributed by atoms with Gasteiger partial charge in [0.25, 0.3) is 6.43 Å². The van der Waals surface area contributed by atoms with E-state index in [1.807, 2.05) is 19.1 Å². The summed E-state index contributed by atoms with van der Waals surface area (Å²) in [5.74, 6) is 0.969. The van der Waals surface area contributed by atoms with Gasteiger partial charge < -0.3 is 14.8 Å². The van der Waals surface area contributed by atoms with Gasteiger partial charge >= 0.3 is 0 Å². The molecule has 0 spiro atoms. The Morgan fingerprint density at radius 3 is 3.05 bits per heavy atom. The zero-order valence-corrected chi connectivity index (χ0v) is 11.0. The van der Waals surface area contributed by atoms with Crippen LogP contribution in [0.1, 0.15) is 24.1 Å². The lowest BCUT2D eigenvalue weighted by atomic mass is 10.0.